The minimum atomic E-state index is 0.935. The van der Waals surface area contributed by atoms with Gasteiger partial charge in [0.15, 0.2) is 0 Å². The van der Waals surface area contributed by atoms with Crippen LogP contribution in [0.1, 0.15) is 47.0 Å². The van der Waals surface area contributed by atoms with Crippen molar-refractivity contribution in [3.8, 4) is 0 Å². The summed E-state index contributed by atoms with van der Waals surface area (Å²) in [5, 5.41) is 0. The topological polar surface area (TPSA) is 0 Å². The standard InChI is InChI=1S/C14H20.C9H14/c1-7-8(2)12-6-11(7)13-9-3-4-10(5-9)14(12)13;1-6-7(2)9-4-3-8(6)5-9/h3-4,7-14H,5-6H2,1-2H3;3-4,6-9H,5H2,1-2H3. The molecule has 0 amide bonds. The molecule has 0 nitrogen and oxygen atoms in total. The summed E-state index contributed by atoms with van der Waals surface area (Å²) in [6, 6.07) is 0. The van der Waals surface area contributed by atoms with Crippen LogP contribution < -0.4 is 0 Å². The van der Waals surface area contributed by atoms with Gasteiger partial charge < -0.3 is 0 Å². The second-order valence-electron chi connectivity index (χ2n) is 10.1. The third-order valence-electron chi connectivity index (χ3n) is 9.63. The third kappa shape index (κ3) is 1.90. The van der Waals surface area contributed by atoms with Crippen LogP contribution in [-0.2, 0) is 0 Å². The summed E-state index contributed by atoms with van der Waals surface area (Å²) < 4.78 is 0. The van der Waals surface area contributed by atoms with E-state index in [1.54, 1.807) is 6.42 Å². The van der Waals surface area contributed by atoms with Crippen LogP contribution in [0.15, 0.2) is 24.3 Å². The highest BCUT2D eigenvalue weighted by Crippen LogP contribution is 2.68. The summed E-state index contributed by atoms with van der Waals surface area (Å²) in [6.07, 6.45) is 14.5. The molecular formula is C23H34. The molecule has 4 fully saturated rings. The Bertz CT molecular complexity index is 498. The van der Waals surface area contributed by atoms with E-state index >= 15 is 0 Å². The maximum absolute atomic E-state index is 2.55. The highest BCUT2D eigenvalue weighted by Gasteiger charge is 2.62. The van der Waals surface area contributed by atoms with Crippen molar-refractivity contribution >= 4 is 0 Å². The lowest BCUT2D eigenvalue weighted by Crippen LogP contribution is -2.34. The Balaban J connectivity index is 0.000000117. The van der Waals surface area contributed by atoms with Gasteiger partial charge in [0, 0.05) is 0 Å². The molecule has 0 spiro atoms. The monoisotopic (exact) mass is 310 g/mol. The van der Waals surface area contributed by atoms with Crippen molar-refractivity contribution in [1.29, 1.82) is 0 Å². The van der Waals surface area contributed by atoms with E-state index in [0.29, 0.717) is 0 Å². The van der Waals surface area contributed by atoms with Gasteiger partial charge in [-0.3, -0.25) is 0 Å². The number of allylic oxidation sites excluding steroid dienone is 4. The molecule has 6 bridgehead atoms. The van der Waals surface area contributed by atoms with Crippen molar-refractivity contribution in [3.05, 3.63) is 24.3 Å². The van der Waals surface area contributed by atoms with Crippen LogP contribution in [0.5, 0.6) is 0 Å². The van der Waals surface area contributed by atoms with Crippen molar-refractivity contribution < 1.29 is 0 Å². The van der Waals surface area contributed by atoms with Crippen LogP contribution in [-0.4, -0.2) is 0 Å². The molecule has 6 rings (SSSR count). The Morgan fingerprint density at radius 2 is 0.870 bits per heavy atom. The van der Waals surface area contributed by atoms with Gasteiger partial charge in [0.2, 0.25) is 0 Å². The van der Waals surface area contributed by atoms with Crippen LogP contribution >= 0.6 is 0 Å². The van der Waals surface area contributed by atoms with E-state index in [1.165, 1.54) is 12.8 Å². The second-order valence-corrected chi connectivity index (χ2v) is 10.1. The maximum atomic E-state index is 2.55. The van der Waals surface area contributed by atoms with Crippen molar-refractivity contribution in [2.24, 2.45) is 71.0 Å². The Morgan fingerprint density at radius 1 is 0.478 bits per heavy atom. The first-order chi connectivity index (χ1) is 11.1. The smallest absolute Gasteiger partial charge is 0.0194 e. The lowest BCUT2D eigenvalue weighted by Gasteiger charge is -2.39. The summed E-state index contributed by atoms with van der Waals surface area (Å²) in [6.45, 7) is 9.81. The van der Waals surface area contributed by atoms with E-state index in [2.05, 4.69) is 52.0 Å². The van der Waals surface area contributed by atoms with Crippen molar-refractivity contribution in [3.63, 3.8) is 0 Å². The van der Waals surface area contributed by atoms with Gasteiger partial charge >= 0.3 is 0 Å². The predicted molar refractivity (Wildman–Crippen MR) is 96.7 cm³/mol. The van der Waals surface area contributed by atoms with Crippen LogP contribution in [0.3, 0.4) is 0 Å². The fraction of sp³-hybridized carbons (Fsp3) is 0.826. The van der Waals surface area contributed by atoms with Crippen LogP contribution in [0.2, 0.25) is 0 Å². The summed E-state index contributed by atoms with van der Waals surface area (Å²) in [5.74, 6) is 12.2. The minimum absolute atomic E-state index is 0.935. The summed E-state index contributed by atoms with van der Waals surface area (Å²) in [7, 11) is 0. The number of hydrogen-bond donors (Lipinski definition) is 0. The fourth-order valence-corrected chi connectivity index (χ4v) is 7.96. The van der Waals surface area contributed by atoms with Gasteiger partial charge in [0.05, 0.1) is 0 Å². The zero-order valence-corrected chi connectivity index (χ0v) is 15.4. The average molecular weight is 311 g/mol. The van der Waals surface area contributed by atoms with Gasteiger partial charge in [-0.05, 0) is 90.3 Å². The zero-order valence-electron chi connectivity index (χ0n) is 15.4. The molecule has 6 aliphatic rings. The highest BCUT2D eigenvalue weighted by atomic mass is 14.7. The summed E-state index contributed by atoms with van der Waals surface area (Å²) >= 11 is 0. The second kappa shape index (κ2) is 4.99. The fourth-order valence-electron chi connectivity index (χ4n) is 7.96. The SMILES string of the molecule is CC1C(C)C2CC1C1C3C=CC(C3)C21.CC1C2C=CC(C2)C1C. The van der Waals surface area contributed by atoms with Crippen molar-refractivity contribution in [2.75, 3.05) is 0 Å². The molecule has 6 aliphatic carbocycles. The maximum Gasteiger partial charge on any atom is -0.0194 e. The average Bonchev–Trinajstić information content (AvgIpc) is 3.34. The van der Waals surface area contributed by atoms with Crippen molar-refractivity contribution in [2.45, 2.75) is 47.0 Å². The van der Waals surface area contributed by atoms with E-state index < -0.39 is 0 Å². The van der Waals surface area contributed by atoms with E-state index in [1.807, 2.05) is 0 Å². The molecule has 0 heterocycles. The Kier molecular flexibility index (Phi) is 3.21. The largest absolute Gasteiger partial charge is 0.0848 e. The first-order valence-corrected chi connectivity index (χ1v) is 10.4. The highest BCUT2D eigenvalue weighted by molar-refractivity contribution is 5.21. The lowest BCUT2D eigenvalue weighted by molar-refractivity contribution is 0.108. The molecule has 12 unspecified atom stereocenters. The quantitative estimate of drug-likeness (QED) is 0.391. The van der Waals surface area contributed by atoms with E-state index in [0.717, 1.165) is 71.0 Å². The van der Waals surface area contributed by atoms with Gasteiger partial charge in [0.1, 0.15) is 0 Å². The number of rotatable bonds is 0. The number of fused-ring (bicyclic) bond motifs is 11. The van der Waals surface area contributed by atoms with Gasteiger partial charge in [-0.15, -0.1) is 0 Å². The summed E-state index contributed by atoms with van der Waals surface area (Å²) in [5.41, 5.74) is 0. The molecule has 4 saturated carbocycles. The zero-order chi connectivity index (χ0) is 15.9. The molecule has 0 heteroatoms. The van der Waals surface area contributed by atoms with Crippen LogP contribution in [0.25, 0.3) is 0 Å². The van der Waals surface area contributed by atoms with Crippen molar-refractivity contribution in [1.82, 2.24) is 0 Å². The Labute approximate surface area is 142 Å². The molecule has 126 valence electrons. The molecule has 0 aromatic carbocycles. The first-order valence-electron chi connectivity index (χ1n) is 10.4. The Morgan fingerprint density at radius 3 is 1.26 bits per heavy atom. The molecule has 12 atom stereocenters. The Hall–Kier alpha value is -0.520. The van der Waals surface area contributed by atoms with E-state index in [-0.39, 0.29) is 0 Å². The lowest BCUT2D eigenvalue weighted by atomic mass is 9.66. The van der Waals surface area contributed by atoms with Crippen LogP contribution in [0, 0.1) is 71.0 Å². The summed E-state index contributed by atoms with van der Waals surface area (Å²) in [4.78, 5) is 0. The first kappa shape index (κ1) is 14.8. The van der Waals surface area contributed by atoms with Crippen LogP contribution in [0.4, 0.5) is 0 Å². The molecule has 0 aromatic heterocycles. The number of hydrogen-bond acceptors (Lipinski definition) is 0. The normalized spacial score (nSPS) is 62.8. The molecule has 0 aromatic rings. The molecule has 0 aliphatic heterocycles. The molecule has 0 saturated heterocycles. The minimum Gasteiger partial charge on any atom is -0.0848 e. The third-order valence-corrected chi connectivity index (χ3v) is 9.63. The van der Waals surface area contributed by atoms with Gasteiger partial charge in [0.25, 0.3) is 0 Å². The predicted octanol–water partition coefficient (Wildman–Crippen LogP) is 5.81. The van der Waals surface area contributed by atoms with Gasteiger partial charge in [-0.25, -0.2) is 0 Å². The molecular weight excluding hydrogens is 276 g/mol. The van der Waals surface area contributed by atoms with E-state index in [4.69, 9.17) is 0 Å². The van der Waals surface area contributed by atoms with Gasteiger partial charge in [-0.1, -0.05) is 52.0 Å². The molecule has 0 radical (unpaired) electrons. The molecule has 23 heavy (non-hydrogen) atoms. The molecule has 0 N–H and O–H groups in total. The van der Waals surface area contributed by atoms with Gasteiger partial charge in [-0.2, -0.15) is 0 Å². The van der Waals surface area contributed by atoms with E-state index in [9.17, 15) is 0 Å².